The Balaban J connectivity index is 3.00. The molecule has 0 fully saturated rings. The molecule has 1 N–H and O–H groups in total. The van der Waals surface area contributed by atoms with Gasteiger partial charge in [0.05, 0.1) is 5.60 Å². The lowest BCUT2D eigenvalue weighted by Crippen LogP contribution is -2.20. The van der Waals surface area contributed by atoms with Crippen molar-refractivity contribution in [3.8, 4) is 0 Å². The Bertz CT molecular complexity index is 431. The average molecular weight is 274 g/mol. The zero-order valence-electron chi connectivity index (χ0n) is 13.7. The number of hydrogen-bond donors (Lipinski definition) is 1. The maximum atomic E-state index is 10.3. The first kappa shape index (κ1) is 17.0. The molecule has 1 unspecified atom stereocenters. The molecule has 1 heteroatoms. The van der Waals surface area contributed by atoms with Gasteiger partial charge < -0.3 is 5.11 Å². The molecule has 0 aromatic carbocycles. The lowest BCUT2D eigenvalue weighted by molar-refractivity contribution is 0.103. The second-order valence-electron chi connectivity index (χ2n) is 6.64. The second kappa shape index (κ2) is 7.64. The molecule has 1 aliphatic rings. The molecular weight excluding hydrogens is 244 g/mol. The maximum absolute atomic E-state index is 10.3. The van der Waals surface area contributed by atoms with Gasteiger partial charge in [-0.25, -0.2) is 0 Å². The quantitative estimate of drug-likeness (QED) is 0.640. The van der Waals surface area contributed by atoms with E-state index in [1.54, 1.807) is 0 Å². The first-order chi connectivity index (χ1) is 9.30. The molecule has 0 aromatic heterocycles. The summed E-state index contributed by atoms with van der Waals surface area (Å²) in [6.07, 6.45) is 14.5. The predicted molar refractivity (Wildman–Crippen MR) is 88.7 cm³/mol. The zero-order valence-corrected chi connectivity index (χ0v) is 13.7. The summed E-state index contributed by atoms with van der Waals surface area (Å²) in [4.78, 5) is 0. The van der Waals surface area contributed by atoms with Gasteiger partial charge in [-0.15, -0.1) is 0 Å². The smallest absolute Gasteiger partial charge is 0.0802 e. The largest absolute Gasteiger partial charge is 0.386 e. The molecule has 0 aliphatic heterocycles. The standard InChI is InChI=1S/C19H30O/c1-15(2)18-11-10-16(3)8-6-12-19(5,20)13-7-9-17(4)14-18/h6,9-12,15,20H,7-8,13-14H2,1-5H3/b12-6+,16-10+,17-9+,18-11+. The minimum absolute atomic E-state index is 0.575. The van der Waals surface area contributed by atoms with Crippen molar-refractivity contribution in [3.05, 3.63) is 47.1 Å². The van der Waals surface area contributed by atoms with Crippen LogP contribution in [0.1, 0.15) is 60.3 Å². The third-order valence-corrected chi connectivity index (χ3v) is 3.87. The minimum Gasteiger partial charge on any atom is -0.386 e. The van der Waals surface area contributed by atoms with Gasteiger partial charge >= 0.3 is 0 Å². The van der Waals surface area contributed by atoms with Crippen LogP contribution >= 0.6 is 0 Å². The van der Waals surface area contributed by atoms with E-state index in [0.29, 0.717) is 5.92 Å². The molecule has 20 heavy (non-hydrogen) atoms. The molecule has 0 radical (unpaired) electrons. The van der Waals surface area contributed by atoms with Crippen molar-refractivity contribution in [2.45, 2.75) is 65.9 Å². The van der Waals surface area contributed by atoms with Crippen molar-refractivity contribution in [1.82, 2.24) is 0 Å². The van der Waals surface area contributed by atoms with E-state index >= 15 is 0 Å². The molecule has 0 bridgehead atoms. The van der Waals surface area contributed by atoms with Gasteiger partial charge in [-0.05, 0) is 52.4 Å². The summed E-state index contributed by atoms with van der Waals surface area (Å²) in [5.41, 5.74) is 3.51. The Morgan fingerprint density at radius 3 is 2.50 bits per heavy atom. The molecule has 1 atom stereocenters. The van der Waals surface area contributed by atoms with Crippen LogP contribution in [0.4, 0.5) is 0 Å². The van der Waals surface area contributed by atoms with Crippen molar-refractivity contribution < 1.29 is 5.11 Å². The normalized spacial score (nSPS) is 35.5. The number of aliphatic hydroxyl groups is 1. The fourth-order valence-corrected chi connectivity index (χ4v) is 2.36. The van der Waals surface area contributed by atoms with Crippen LogP contribution in [0.25, 0.3) is 0 Å². The van der Waals surface area contributed by atoms with E-state index < -0.39 is 5.60 Å². The maximum Gasteiger partial charge on any atom is 0.0802 e. The fourth-order valence-electron chi connectivity index (χ4n) is 2.36. The third kappa shape index (κ3) is 6.38. The van der Waals surface area contributed by atoms with Gasteiger partial charge in [-0.1, -0.05) is 60.9 Å². The highest BCUT2D eigenvalue weighted by molar-refractivity contribution is 5.24. The lowest BCUT2D eigenvalue weighted by Gasteiger charge is -2.18. The predicted octanol–water partition coefficient (Wildman–Crippen LogP) is 5.34. The molecule has 0 aromatic rings. The Morgan fingerprint density at radius 1 is 1.15 bits per heavy atom. The molecule has 1 nitrogen and oxygen atoms in total. The number of rotatable bonds is 1. The Hall–Kier alpha value is -1.08. The van der Waals surface area contributed by atoms with Crippen LogP contribution < -0.4 is 0 Å². The highest BCUT2D eigenvalue weighted by atomic mass is 16.3. The van der Waals surface area contributed by atoms with Crippen LogP contribution in [-0.2, 0) is 0 Å². The molecule has 1 rings (SSSR count). The monoisotopic (exact) mass is 274 g/mol. The highest BCUT2D eigenvalue weighted by Crippen LogP contribution is 2.22. The molecule has 0 saturated carbocycles. The second-order valence-corrected chi connectivity index (χ2v) is 6.64. The van der Waals surface area contributed by atoms with Gasteiger partial charge in [0, 0.05) is 0 Å². The summed E-state index contributed by atoms with van der Waals surface area (Å²) >= 11 is 0. The summed E-state index contributed by atoms with van der Waals surface area (Å²) < 4.78 is 0. The Morgan fingerprint density at radius 2 is 1.85 bits per heavy atom. The van der Waals surface area contributed by atoms with Crippen LogP contribution in [0.3, 0.4) is 0 Å². The van der Waals surface area contributed by atoms with Crippen LogP contribution in [0.2, 0.25) is 0 Å². The van der Waals surface area contributed by atoms with Gasteiger partial charge in [0.25, 0.3) is 0 Å². The average Bonchev–Trinajstić information content (AvgIpc) is 2.33. The van der Waals surface area contributed by atoms with Gasteiger partial charge in [0.15, 0.2) is 0 Å². The van der Waals surface area contributed by atoms with E-state index in [2.05, 4.69) is 52.0 Å². The van der Waals surface area contributed by atoms with E-state index in [0.717, 1.165) is 25.7 Å². The summed E-state index contributed by atoms with van der Waals surface area (Å²) in [5.74, 6) is 0.575. The highest BCUT2D eigenvalue weighted by Gasteiger charge is 2.15. The van der Waals surface area contributed by atoms with Crippen LogP contribution in [0, 0.1) is 5.92 Å². The van der Waals surface area contributed by atoms with Gasteiger partial charge in [-0.3, -0.25) is 0 Å². The molecular formula is C19H30O. The molecule has 0 amide bonds. The molecule has 112 valence electrons. The summed E-state index contributed by atoms with van der Waals surface area (Å²) in [6.45, 7) is 10.7. The van der Waals surface area contributed by atoms with Gasteiger partial charge in [0.1, 0.15) is 0 Å². The van der Waals surface area contributed by atoms with Crippen LogP contribution in [0.15, 0.2) is 47.1 Å². The topological polar surface area (TPSA) is 20.2 Å². The molecule has 0 spiro atoms. The molecule has 0 heterocycles. The first-order valence-corrected chi connectivity index (χ1v) is 7.72. The van der Waals surface area contributed by atoms with E-state index in [4.69, 9.17) is 0 Å². The van der Waals surface area contributed by atoms with E-state index in [-0.39, 0.29) is 0 Å². The molecule has 1 aliphatic carbocycles. The summed E-state index contributed by atoms with van der Waals surface area (Å²) in [6, 6.07) is 0. The summed E-state index contributed by atoms with van der Waals surface area (Å²) in [7, 11) is 0. The van der Waals surface area contributed by atoms with Crippen molar-refractivity contribution in [3.63, 3.8) is 0 Å². The zero-order chi connectivity index (χ0) is 15.2. The van der Waals surface area contributed by atoms with Crippen LogP contribution in [-0.4, -0.2) is 10.7 Å². The Kier molecular flexibility index (Phi) is 6.48. The fraction of sp³-hybridized carbons (Fsp3) is 0.579. The van der Waals surface area contributed by atoms with Gasteiger partial charge in [-0.2, -0.15) is 0 Å². The number of hydrogen-bond acceptors (Lipinski definition) is 1. The minimum atomic E-state index is -0.695. The summed E-state index contributed by atoms with van der Waals surface area (Å²) in [5, 5.41) is 10.3. The lowest BCUT2D eigenvalue weighted by atomic mass is 9.94. The van der Waals surface area contributed by atoms with Gasteiger partial charge in [0.2, 0.25) is 0 Å². The Labute approximate surface area is 124 Å². The van der Waals surface area contributed by atoms with Crippen molar-refractivity contribution in [2.75, 3.05) is 0 Å². The molecule has 0 saturated heterocycles. The number of allylic oxidation sites excluding steroid dienone is 7. The van der Waals surface area contributed by atoms with Crippen molar-refractivity contribution in [2.24, 2.45) is 5.92 Å². The third-order valence-electron chi connectivity index (χ3n) is 3.87. The van der Waals surface area contributed by atoms with Crippen molar-refractivity contribution >= 4 is 0 Å². The first-order valence-electron chi connectivity index (χ1n) is 7.72. The van der Waals surface area contributed by atoms with E-state index in [1.165, 1.54) is 16.7 Å². The van der Waals surface area contributed by atoms with E-state index in [9.17, 15) is 5.11 Å². The SMILES string of the molecule is C/C1=C\C=C(\C(C)C)C/C(C)=C/CCC(C)(O)/C=C/C1. The van der Waals surface area contributed by atoms with Crippen LogP contribution in [0.5, 0.6) is 0 Å². The van der Waals surface area contributed by atoms with E-state index in [1.807, 2.05) is 13.0 Å². The van der Waals surface area contributed by atoms with Crippen molar-refractivity contribution in [1.29, 1.82) is 0 Å².